The van der Waals surface area contributed by atoms with Gasteiger partial charge in [0.25, 0.3) is 5.91 Å². The van der Waals surface area contributed by atoms with Crippen molar-refractivity contribution in [3.05, 3.63) is 87.8 Å². The Balaban J connectivity index is 0.000000526. The van der Waals surface area contributed by atoms with Crippen molar-refractivity contribution >= 4 is 51.1 Å². The Morgan fingerprint density at radius 3 is 2.11 bits per heavy atom. The number of ether oxygens (including phenoxy) is 2. The van der Waals surface area contributed by atoms with E-state index < -0.39 is 0 Å². The number of hydrogen-bond acceptors (Lipinski definition) is 6. The molecule has 1 fully saturated rings. The van der Waals surface area contributed by atoms with Crippen LogP contribution < -0.4 is 10.1 Å². The number of thiophene rings is 1. The fourth-order valence-corrected chi connectivity index (χ4v) is 6.67. The molecule has 4 aromatic rings. The van der Waals surface area contributed by atoms with E-state index in [1.165, 1.54) is 17.8 Å². The van der Waals surface area contributed by atoms with Crippen LogP contribution in [0.1, 0.15) is 85.4 Å². The van der Waals surface area contributed by atoms with Gasteiger partial charge >= 0.3 is 0 Å². The van der Waals surface area contributed by atoms with Gasteiger partial charge in [-0.25, -0.2) is 0 Å². The van der Waals surface area contributed by atoms with Crippen LogP contribution in [-0.2, 0) is 16.1 Å². The number of amides is 2. The van der Waals surface area contributed by atoms with Gasteiger partial charge in [0.15, 0.2) is 5.78 Å². The Morgan fingerprint density at radius 1 is 0.979 bits per heavy atom. The van der Waals surface area contributed by atoms with Crippen LogP contribution in [-0.4, -0.2) is 55.9 Å². The summed E-state index contributed by atoms with van der Waals surface area (Å²) in [6.45, 7) is 8.07. The van der Waals surface area contributed by atoms with Gasteiger partial charge in [-0.15, -0.1) is 11.3 Å². The van der Waals surface area contributed by atoms with Crippen LogP contribution in [0.15, 0.2) is 66.7 Å². The third-order valence-corrected chi connectivity index (χ3v) is 9.64. The number of rotatable bonds is 8. The number of nitrogens with zero attached hydrogens (tertiary/aromatic N) is 1. The third kappa shape index (κ3) is 10.6. The number of carbonyl (C=O) groups excluding carboxylic acids is 3. The molecule has 1 aliphatic rings. The normalized spacial score (nSPS) is 13.0. The Labute approximate surface area is 288 Å². The van der Waals surface area contributed by atoms with Crippen LogP contribution in [0.4, 0.5) is 0 Å². The molecule has 0 saturated heterocycles. The lowest BCUT2D eigenvalue weighted by molar-refractivity contribution is -0.109. The molecule has 1 aromatic heterocycles. The quantitative estimate of drug-likeness (QED) is 0.148. The Morgan fingerprint density at radius 2 is 1.57 bits per heavy atom. The maximum atomic E-state index is 14.1. The zero-order valence-electron chi connectivity index (χ0n) is 28.5. The predicted molar refractivity (Wildman–Crippen MR) is 194 cm³/mol. The van der Waals surface area contributed by atoms with Gasteiger partial charge in [0.1, 0.15) is 10.6 Å². The molecule has 47 heavy (non-hydrogen) atoms. The zero-order valence-corrected chi connectivity index (χ0v) is 30.1. The van der Waals surface area contributed by atoms with Crippen molar-refractivity contribution < 1.29 is 23.9 Å². The molecule has 0 unspecified atom stereocenters. The lowest BCUT2D eigenvalue weighted by Gasteiger charge is -2.34. The van der Waals surface area contributed by atoms with Gasteiger partial charge in [-0.3, -0.25) is 14.4 Å². The van der Waals surface area contributed by atoms with E-state index in [-0.39, 0.29) is 23.3 Å². The molecule has 3 aromatic carbocycles. The van der Waals surface area contributed by atoms with Gasteiger partial charge in [-0.05, 0) is 69.9 Å². The van der Waals surface area contributed by atoms with Gasteiger partial charge in [0, 0.05) is 48.0 Å². The number of Topliss-reactive ketones (excluding diaryl/α,β-unsaturated/α-hetero) is 1. The lowest BCUT2D eigenvalue weighted by Crippen LogP contribution is -2.40. The maximum absolute atomic E-state index is 14.1. The van der Waals surface area contributed by atoms with Crippen molar-refractivity contribution in [2.45, 2.75) is 78.0 Å². The van der Waals surface area contributed by atoms with Gasteiger partial charge in [0.05, 0.1) is 17.7 Å². The van der Waals surface area contributed by atoms with E-state index in [2.05, 4.69) is 11.4 Å². The summed E-state index contributed by atoms with van der Waals surface area (Å²) in [6.07, 6.45) is 6.05. The first-order valence-electron chi connectivity index (χ1n) is 15.9. The average Bonchev–Trinajstić information content (AvgIpc) is 3.43. The summed E-state index contributed by atoms with van der Waals surface area (Å²) in [5.74, 6) is 0.778. The second-order valence-corrected chi connectivity index (χ2v) is 13.8. The van der Waals surface area contributed by atoms with Crippen LogP contribution in [0.25, 0.3) is 21.2 Å². The second kappa shape index (κ2) is 18.0. The standard InChI is InChI=1S/C31H30ClNO3S.C5H12O.C2H5NO/c1-20(34)21-12-14-22(15-13-21)23-16-17-27(36-2)24(18-23)19-33(25-8-4-3-5-9-25)31(35)30-29(32)26-10-6-7-11-28(26)37-30;1-5(2,3)6-4;1-3-2-4/h6-7,10-18,25H,3-5,8-9,19H2,1-2H3;1-4H3;2H,1H3,(H,3,4). The van der Waals surface area contributed by atoms with E-state index >= 15 is 0 Å². The Kier molecular flexibility index (Phi) is 14.4. The lowest BCUT2D eigenvalue weighted by atomic mass is 9.93. The minimum absolute atomic E-state index is 0.0173. The Hall–Kier alpha value is -3.72. The van der Waals surface area contributed by atoms with E-state index in [0.717, 1.165) is 58.2 Å². The molecule has 252 valence electrons. The van der Waals surface area contributed by atoms with Gasteiger partial charge < -0.3 is 19.7 Å². The largest absolute Gasteiger partial charge is 0.496 e. The molecule has 7 nitrogen and oxygen atoms in total. The van der Waals surface area contributed by atoms with Crippen molar-refractivity contribution in [1.29, 1.82) is 0 Å². The predicted octanol–water partition coefficient (Wildman–Crippen LogP) is 9.20. The third-order valence-electron chi connectivity index (χ3n) is 7.98. The molecule has 1 N–H and O–H groups in total. The highest BCUT2D eigenvalue weighted by atomic mass is 35.5. The monoisotopic (exact) mass is 678 g/mol. The smallest absolute Gasteiger partial charge is 0.266 e. The van der Waals surface area contributed by atoms with Crippen molar-refractivity contribution in [3.63, 3.8) is 0 Å². The molecule has 0 atom stereocenters. The molecule has 1 heterocycles. The summed E-state index contributed by atoms with van der Waals surface area (Å²) in [6, 6.07) is 21.8. The average molecular weight is 679 g/mol. The minimum Gasteiger partial charge on any atom is -0.496 e. The van der Waals surface area contributed by atoms with Crippen molar-refractivity contribution in [3.8, 4) is 16.9 Å². The molecule has 5 rings (SSSR count). The van der Waals surface area contributed by atoms with Crippen LogP contribution in [0.2, 0.25) is 5.02 Å². The van der Waals surface area contributed by atoms with E-state index in [0.29, 0.717) is 28.4 Å². The highest BCUT2D eigenvalue weighted by Crippen LogP contribution is 2.38. The fraction of sp³-hybridized carbons (Fsp3) is 0.395. The van der Waals surface area contributed by atoms with Gasteiger partial charge in [0.2, 0.25) is 6.41 Å². The number of halogens is 1. The topological polar surface area (TPSA) is 84.9 Å². The molecule has 0 bridgehead atoms. The number of methoxy groups -OCH3 is 2. The summed E-state index contributed by atoms with van der Waals surface area (Å²) in [5.41, 5.74) is 3.71. The molecule has 1 aliphatic carbocycles. The first-order valence-corrected chi connectivity index (χ1v) is 17.1. The number of ketones is 1. The Bertz CT molecular complexity index is 1620. The van der Waals surface area contributed by atoms with Gasteiger partial charge in [-0.1, -0.05) is 79.4 Å². The number of benzene rings is 3. The summed E-state index contributed by atoms with van der Waals surface area (Å²) in [5, 5.41) is 3.72. The van der Waals surface area contributed by atoms with Crippen molar-refractivity contribution in [1.82, 2.24) is 10.2 Å². The second-order valence-electron chi connectivity index (χ2n) is 12.3. The summed E-state index contributed by atoms with van der Waals surface area (Å²) < 4.78 is 11.7. The molecular weight excluding hydrogens is 632 g/mol. The zero-order chi connectivity index (χ0) is 34.6. The first kappa shape index (κ1) is 37.7. The summed E-state index contributed by atoms with van der Waals surface area (Å²) in [4.78, 5) is 37.4. The van der Waals surface area contributed by atoms with Crippen molar-refractivity contribution in [2.24, 2.45) is 0 Å². The highest BCUT2D eigenvalue weighted by molar-refractivity contribution is 7.21. The van der Waals surface area contributed by atoms with Crippen LogP contribution >= 0.6 is 22.9 Å². The number of fused-ring (bicyclic) bond motifs is 1. The van der Waals surface area contributed by atoms with Crippen LogP contribution in [0, 0.1) is 0 Å². The summed E-state index contributed by atoms with van der Waals surface area (Å²) >= 11 is 8.22. The molecule has 2 amide bonds. The molecule has 0 radical (unpaired) electrons. The van der Waals surface area contributed by atoms with E-state index in [4.69, 9.17) is 25.9 Å². The van der Waals surface area contributed by atoms with Crippen molar-refractivity contribution in [2.75, 3.05) is 21.3 Å². The van der Waals surface area contributed by atoms with E-state index in [1.54, 1.807) is 28.2 Å². The molecule has 0 aliphatic heterocycles. The van der Waals surface area contributed by atoms with Crippen LogP contribution in [0.5, 0.6) is 5.75 Å². The molecule has 9 heteroatoms. The number of carbonyl (C=O) groups is 3. The number of nitrogens with one attached hydrogen (secondary N) is 1. The fourth-order valence-electron chi connectivity index (χ4n) is 5.20. The first-order chi connectivity index (χ1) is 22.4. The molecule has 0 spiro atoms. The summed E-state index contributed by atoms with van der Waals surface area (Å²) in [7, 11) is 4.93. The van der Waals surface area contributed by atoms with E-state index in [9.17, 15) is 9.59 Å². The minimum atomic E-state index is -0.0173. The van der Waals surface area contributed by atoms with Gasteiger partial charge in [-0.2, -0.15) is 0 Å². The molecular formula is C38H47ClN2O5S. The van der Waals surface area contributed by atoms with E-state index in [1.807, 2.05) is 86.3 Å². The van der Waals surface area contributed by atoms with Crippen LogP contribution in [0.3, 0.4) is 0 Å². The molecule has 1 saturated carbocycles. The number of hydrogen-bond donors (Lipinski definition) is 1. The maximum Gasteiger partial charge on any atom is 0.266 e. The SMILES string of the molecule is CNC=O.COC(C)(C)C.COc1ccc(-c2ccc(C(C)=O)cc2)cc1CN(C(=O)c1sc2ccccc2c1Cl)C1CCCCC1. The highest BCUT2D eigenvalue weighted by Gasteiger charge is 2.30.